The SMILES string of the molecule is CN1CCN([C@@H]2CCN(c3ccc(C(F)(F)F)cn3)C[C@@H]2CCC(=O)O)CC1. The number of halogens is 3. The van der Waals surface area contributed by atoms with Crippen molar-refractivity contribution in [2.45, 2.75) is 31.5 Å². The molecule has 0 amide bonds. The first-order valence-electron chi connectivity index (χ1n) is 9.66. The summed E-state index contributed by atoms with van der Waals surface area (Å²) in [4.78, 5) is 21.8. The molecule has 2 fully saturated rings. The number of hydrogen-bond donors (Lipinski definition) is 1. The number of aromatic nitrogens is 1. The molecule has 28 heavy (non-hydrogen) atoms. The Morgan fingerprint density at radius 1 is 1.21 bits per heavy atom. The van der Waals surface area contributed by atoms with Gasteiger partial charge in [0.15, 0.2) is 0 Å². The van der Waals surface area contributed by atoms with Gasteiger partial charge in [-0.1, -0.05) is 0 Å². The number of carbonyl (C=O) groups is 1. The van der Waals surface area contributed by atoms with E-state index < -0.39 is 17.7 Å². The number of piperidine rings is 1. The second kappa shape index (κ2) is 8.65. The number of pyridine rings is 1. The summed E-state index contributed by atoms with van der Waals surface area (Å²) < 4.78 is 38.3. The number of rotatable bonds is 5. The zero-order valence-corrected chi connectivity index (χ0v) is 16.0. The lowest BCUT2D eigenvalue weighted by molar-refractivity contribution is -0.138. The second-order valence-corrected chi connectivity index (χ2v) is 7.74. The monoisotopic (exact) mass is 400 g/mol. The molecule has 1 aromatic heterocycles. The molecule has 0 aromatic carbocycles. The fourth-order valence-electron chi connectivity index (χ4n) is 4.20. The lowest BCUT2D eigenvalue weighted by Gasteiger charge is -2.46. The first kappa shape index (κ1) is 20.9. The number of carboxylic acids is 1. The summed E-state index contributed by atoms with van der Waals surface area (Å²) in [6, 6.07) is 2.77. The molecule has 3 rings (SSSR count). The van der Waals surface area contributed by atoms with Crippen LogP contribution in [0.5, 0.6) is 0 Å². The largest absolute Gasteiger partial charge is 0.481 e. The molecule has 3 heterocycles. The van der Waals surface area contributed by atoms with Crippen LogP contribution in [0.4, 0.5) is 19.0 Å². The van der Waals surface area contributed by atoms with Gasteiger partial charge in [0.25, 0.3) is 0 Å². The van der Waals surface area contributed by atoms with Crippen LogP contribution in [0, 0.1) is 5.92 Å². The Morgan fingerprint density at radius 3 is 2.50 bits per heavy atom. The van der Waals surface area contributed by atoms with Crippen LogP contribution in [0.3, 0.4) is 0 Å². The minimum absolute atomic E-state index is 0.100. The van der Waals surface area contributed by atoms with E-state index in [9.17, 15) is 18.0 Å². The zero-order chi connectivity index (χ0) is 20.3. The van der Waals surface area contributed by atoms with E-state index in [0.29, 0.717) is 31.4 Å². The van der Waals surface area contributed by atoms with Crippen molar-refractivity contribution in [3.63, 3.8) is 0 Å². The summed E-state index contributed by atoms with van der Waals surface area (Å²) in [7, 11) is 2.10. The summed E-state index contributed by atoms with van der Waals surface area (Å²) in [6.07, 6.45) is -2.01. The predicted octanol–water partition coefficient (Wildman–Crippen LogP) is 2.41. The molecule has 2 saturated heterocycles. The summed E-state index contributed by atoms with van der Waals surface area (Å²) in [5, 5.41) is 9.11. The summed E-state index contributed by atoms with van der Waals surface area (Å²) in [6.45, 7) is 5.23. The second-order valence-electron chi connectivity index (χ2n) is 7.74. The lowest BCUT2D eigenvalue weighted by Crippen LogP contribution is -2.56. The summed E-state index contributed by atoms with van der Waals surface area (Å²) in [5.41, 5.74) is -0.758. The minimum atomic E-state index is -4.40. The van der Waals surface area contributed by atoms with Crippen molar-refractivity contribution in [1.82, 2.24) is 14.8 Å². The van der Waals surface area contributed by atoms with Gasteiger partial charge in [0.1, 0.15) is 5.82 Å². The van der Waals surface area contributed by atoms with Gasteiger partial charge in [-0.25, -0.2) is 4.98 Å². The van der Waals surface area contributed by atoms with Crippen molar-refractivity contribution in [2.75, 3.05) is 51.2 Å². The number of likely N-dealkylation sites (N-methyl/N-ethyl adjacent to an activating group) is 1. The third kappa shape index (κ3) is 5.14. The highest BCUT2D eigenvalue weighted by Crippen LogP contribution is 2.32. The van der Waals surface area contributed by atoms with Gasteiger partial charge in [-0.15, -0.1) is 0 Å². The molecule has 2 aliphatic rings. The van der Waals surface area contributed by atoms with Crippen LogP contribution >= 0.6 is 0 Å². The quantitative estimate of drug-likeness (QED) is 0.819. The molecule has 0 radical (unpaired) electrons. The maximum absolute atomic E-state index is 12.8. The number of carboxylic acid groups (broad SMARTS) is 1. The van der Waals surface area contributed by atoms with Crippen molar-refractivity contribution in [2.24, 2.45) is 5.92 Å². The van der Waals surface area contributed by atoms with Crippen molar-refractivity contribution >= 4 is 11.8 Å². The van der Waals surface area contributed by atoms with E-state index >= 15 is 0 Å². The molecule has 156 valence electrons. The highest BCUT2D eigenvalue weighted by Gasteiger charge is 2.35. The normalized spacial score (nSPS) is 25.1. The number of alkyl halides is 3. The molecule has 9 heteroatoms. The number of anilines is 1. The van der Waals surface area contributed by atoms with E-state index in [-0.39, 0.29) is 12.3 Å². The van der Waals surface area contributed by atoms with E-state index in [0.717, 1.165) is 44.9 Å². The van der Waals surface area contributed by atoms with Crippen LogP contribution in [0.1, 0.15) is 24.8 Å². The summed E-state index contributed by atoms with van der Waals surface area (Å²) >= 11 is 0. The molecular weight excluding hydrogens is 373 g/mol. The van der Waals surface area contributed by atoms with Gasteiger partial charge < -0.3 is 14.9 Å². The van der Waals surface area contributed by atoms with Crippen molar-refractivity contribution in [1.29, 1.82) is 0 Å². The van der Waals surface area contributed by atoms with E-state index in [4.69, 9.17) is 5.11 Å². The molecule has 1 aromatic rings. The average molecular weight is 400 g/mol. The summed E-state index contributed by atoms with van der Waals surface area (Å²) in [5.74, 6) is -0.149. The van der Waals surface area contributed by atoms with Crippen LogP contribution in [-0.2, 0) is 11.0 Å². The van der Waals surface area contributed by atoms with Crippen LogP contribution in [0.25, 0.3) is 0 Å². The van der Waals surface area contributed by atoms with Crippen LogP contribution in [0.2, 0.25) is 0 Å². The van der Waals surface area contributed by atoms with Crippen LogP contribution in [-0.4, -0.2) is 78.2 Å². The van der Waals surface area contributed by atoms with Crippen molar-refractivity contribution in [3.8, 4) is 0 Å². The van der Waals surface area contributed by atoms with E-state index in [1.165, 1.54) is 6.07 Å². The Bertz CT molecular complexity index is 660. The van der Waals surface area contributed by atoms with Gasteiger partial charge in [0.2, 0.25) is 0 Å². The topological polar surface area (TPSA) is 59.9 Å². The third-order valence-electron chi connectivity index (χ3n) is 5.83. The Hall–Kier alpha value is -1.87. The number of hydrogen-bond acceptors (Lipinski definition) is 5. The molecule has 0 aliphatic carbocycles. The minimum Gasteiger partial charge on any atom is -0.481 e. The Balaban J connectivity index is 1.70. The van der Waals surface area contributed by atoms with Crippen molar-refractivity contribution in [3.05, 3.63) is 23.9 Å². The molecule has 0 bridgehead atoms. The average Bonchev–Trinajstić information content (AvgIpc) is 2.66. The first-order valence-corrected chi connectivity index (χ1v) is 9.66. The highest BCUT2D eigenvalue weighted by molar-refractivity contribution is 5.66. The molecular formula is C19H27F3N4O2. The smallest absolute Gasteiger partial charge is 0.417 e. The van der Waals surface area contributed by atoms with Gasteiger partial charge in [0.05, 0.1) is 5.56 Å². The molecule has 0 unspecified atom stereocenters. The third-order valence-corrected chi connectivity index (χ3v) is 5.83. The van der Waals surface area contributed by atoms with Gasteiger partial charge in [-0.05, 0) is 37.9 Å². The number of nitrogens with zero attached hydrogens (tertiary/aromatic N) is 4. The molecule has 2 aliphatic heterocycles. The Labute approximate surface area is 162 Å². The highest BCUT2D eigenvalue weighted by atomic mass is 19.4. The Morgan fingerprint density at radius 2 is 1.93 bits per heavy atom. The van der Waals surface area contributed by atoms with Gasteiger partial charge in [-0.2, -0.15) is 13.2 Å². The van der Waals surface area contributed by atoms with E-state index in [2.05, 4.69) is 21.8 Å². The molecule has 0 saturated carbocycles. The maximum atomic E-state index is 12.8. The van der Waals surface area contributed by atoms with Gasteiger partial charge >= 0.3 is 12.1 Å². The molecule has 1 N–H and O–H groups in total. The molecule has 6 nitrogen and oxygen atoms in total. The Kier molecular flexibility index (Phi) is 6.44. The fourth-order valence-corrected chi connectivity index (χ4v) is 4.20. The molecule has 0 spiro atoms. The van der Waals surface area contributed by atoms with Gasteiger partial charge in [0, 0.05) is 57.9 Å². The molecule has 2 atom stereocenters. The predicted molar refractivity (Wildman–Crippen MR) is 99.3 cm³/mol. The number of aliphatic carboxylic acids is 1. The number of piperazine rings is 1. The fraction of sp³-hybridized carbons (Fsp3) is 0.684. The van der Waals surface area contributed by atoms with Crippen molar-refractivity contribution < 1.29 is 23.1 Å². The first-order chi connectivity index (χ1) is 13.2. The standard InChI is InChI=1S/C19H27F3N4O2/c1-24-8-10-25(11-9-24)16-6-7-26(13-14(16)2-5-18(27)28)17-4-3-15(12-23-17)19(20,21)22/h3-4,12,14,16H,2,5-11,13H2,1H3,(H,27,28)/t14-,16+/m0/s1. The van der Waals surface area contributed by atoms with Crippen LogP contribution in [0.15, 0.2) is 18.3 Å². The lowest BCUT2D eigenvalue weighted by atomic mass is 9.86. The van der Waals surface area contributed by atoms with E-state index in [1.54, 1.807) is 0 Å². The zero-order valence-electron chi connectivity index (χ0n) is 16.0. The van der Waals surface area contributed by atoms with Crippen LogP contribution < -0.4 is 4.90 Å². The van der Waals surface area contributed by atoms with Gasteiger partial charge in [-0.3, -0.25) is 9.69 Å². The maximum Gasteiger partial charge on any atom is 0.417 e. The van der Waals surface area contributed by atoms with E-state index in [1.807, 2.05) is 4.90 Å².